The monoisotopic (exact) mass is 455 g/mol. The van der Waals surface area contributed by atoms with Gasteiger partial charge in [0.1, 0.15) is 18.2 Å². The largest absolute Gasteiger partial charge is 0.396 e. The zero-order valence-corrected chi connectivity index (χ0v) is 19.0. The number of hydrogen-bond acceptors (Lipinski definition) is 6. The number of benzene rings is 1. The van der Waals surface area contributed by atoms with Gasteiger partial charge in [0.25, 0.3) is 0 Å². The number of H-pyrrole nitrogens is 1. The molecule has 9 nitrogen and oxygen atoms in total. The number of likely N-dealkylation sites (tertiary alicyclic amines) is 1. The number of nitrogens with one attached hydrogen (secondary N) is 1. The molecular weight excluding hydrogens is 430 g/mol. The van der Waals surface area contributed by atoms with E-state index in [1.165, 1.54) is 0 Å². The number of aromatic amines is 1. The van der Waals surface area contributed by atoms with Gasteiger partial charge in [-0.2, -0.15) is 10.4 Å². The number of aliphatic hydroxyl groups is 1. The Bertz CT molecular complexity index is 1410. The van der Waals surface area contributed by atoms with Crippen molar-refractivity contribution in [2.24, 2.45) is 0 Å². The lowest BCUT2D eigenvalue weighted by molar-refractivity contribution is -0.133. The molecule has 3 aromatic heterocycles. The van der Waals surface area contributed by atoms with Gasteiger partial charge in [-0.05, 0) is 55.5 Å². The number of carbonyl (C=O) groups excluding carboxylic acids is 1. The van der Waals surface area contributed by atoms with E-state index in [0.29, 0.717) is 36.5 Å². The van der Waals surface area contributed by atoms with Gasteiger partial charge in [0.2, 0.25) is 5.91 Å². The van der Waals surface area contributed by atoms with Gasteiger partial charge in [0.15, 0.2) is 5.69 Å². The summed E-state index contributed by atoms with van der Waals surface area (Å²) in [6.07, 6.45) is 4.76. The third kappa shape index (κ3) is 3.93. The first kappa shape index (κ1) is 21.8. The van der Waals surface area contributed by atoms with E-state index in [1.807, 2.05) is 40.7 Å². The summed E-state index contributed by atoms with van der Waals surface area (Å²) in [5, 5.41) is 26.0. The van der Waals surface area contributed by atoms with E-state index >= 15 is 0 Å². The van der Waals surface area contributed by atoms with Crippen LogP contribution in [0.25, 0.3) is 28.1 Å². The molecule has 2 N–H and O–H groups in total. The van der Waals surface area contributed by atoms with Crippen molar-refractivity contribution in [1.29, 1.82) is 5.26 Å². The average Bonchev–Trinajstić information content (AvgIpc) is 3.44. The Morgan fingerprint density at radius 3 is 2.91 bits per heavy atom. The zero-order chi connectivity index (χ0) is 23.7. The first-order valence-electron chi connectivity index (χ1n) is 11.4. The highest BCUT2D eigenvalue weighted by molar-refractivity contribution is 5.80. The minimum absolute atomic E-state index is 0.0284. The molecule has 0 unspecified atom stereocenters. The van der Waals surface area contributed by atoms with Gasteiger partial charge in [-0.3, -0.25) is 14.5 Å². The zero-order valence-electron chi connectivity index (χ0n) is 19.0. The van der Waals surface area contributed by atoms with Crippen LogP contribution in [0.3, 0.4) is 0 Å². The normalized spacial score (nSPS) is 14.0. The maximum absolute atomic E-state index is 12.3. The summed E-state index contributed by atoms with van der Waals surface area (Å²) >= 11 is 0. The maximum atomic E-state index is 12.3. The lowest BCUT2D eigenvalue weighted by atomic mass is 10.0. The lowest BCUT2D eigenvalue weighted by Crippen LogP contribution is -2.34. The molecule has 0 saturated carbocycles. The Kier molecular flexibility index (Phi) is 5.82. The molecule has 0 spiro atoms. The summed E-state index contributed by atoms with van der Waals surface area (Å²) in [5.41, 5.74) is 5.86. The van der Waals surface area contributed by atoms with Crippen molar-refractivity contribution in [3.8, 4) is 23.1 Å². The van der Waals surface area contributed by atoms with Crippen LogP contribution in [0.4, 0.5) is 0 Å². The number of aromatic nitrogens is 5. The molecule has 1 aliphatic rings. The fourth-order valence-electron chi connectivity index (χ4n) is 4.53. The van der Waals surface area contributed by atoms with Crippen molar-refractivity contribution in [2.45, 2.75) is 39.2 Å². The van der Waals surface area contributed by atoms with Crippen LogP contribution in [0.5, 0.6) is 0 Å². The summed E-state index contributed by atoms with van der Waals surface area (Å²) in [5.74, 6) is 0.851. The van der Waals surface area contributed by atoms with Gasteiger partial charge in [0, 0.05) is 31.8 Å². The number of nitriles is 1. The third-order valence-electron chi connectivity index (χ3n) is 6.29. The van der Waals surface area contributed by atoms with E-state index < -0.39 is 0 Å². The van der Waals surface area contributed by atoms with Gasteiger partial charge in [-0.15, -0.1) is 0 Å². The van der Waals surface area contributed by atoms with Crippen LogP contribution in [-0.2, 0) is 17.8 Å². The van der Waals surface area contributed by atoms with Crippen molar-refractivity contribution in [3.63, 3.8) is 0 Å². The standard InChI is InChI=1S/C25H25N7O2/c1-16-24(20(13-26)30-29-16)25-18(9-11-33)6-8-22(28-25)32-15-27-19-7-5-17(12-21(19)32)14-31-10-3-2-4-23(31)34/h5-8,12,15,33H,2-4,9-11,14H2,1H3,(H,29,30). The number of rotatable bonds is 6. The predicted molar refractivity (Wildman–Crippen MR) is 126 cm³/mol. The number of aliphatic hydroxyl groups excluding tert-OH is 1. The molecule has 1 amide bonds. The molecule has 0 atom stereocenters. The van der Waals surface area contributed by atoms with E-state index in [9.17, 15) is 15.2 Å². The quantitative estimate of drug-likeness (QED) is 0.461. The van der Waals surface area contributed by atoms with E-state index in [2.05, 4.69) is 27.3 Å². The number of nitrogens with zero attached hydrogens (tertiary/aromatic N) is 6. The molecule has 1 fully saturated rings. The molecule has 5 rings (SSSR count). The number of carbonyl (C=O) groups is 1. The number of amides is 1. The smallest absolute Gasteiger partial charge is 0.222 e. The van der Waals surface area contributed by atoms with Gasteiger partial charge in [-0.1, -0.05) is 12.1 Å². The Balaban J connectivity index is 1.57. The number of pyridine rings is 1. The molecule has 172 valence electrons. The Morgan fingerprint density at radius 1 is 1.24 bits per heavy atom. The fourth-order valence-corrected chi connectivity index (χ4v) is 4.53. The van der Waals surface area contributed by atoms with Crippen LogP contribution in [-0.4, -0.2) is 53.8 Å². The second-order valence-corrected chi connectivity index (χ2v) is 8.54. The maximum Gasteiger partial charge on any atom is 0.222 e. The molecule has 4 heterocycles. The van der Waals surface area contributed by atoms with Crippen LogP contribution in [0, 0.1) is 18.3 Å². The van der Waals surface area contributed by atoms with E-state index in [1.54, 1.807) is 6.33 Å². The van der Waals surface area contributed by atoms with Gasteiger partial charge >= 0.3 is 0 Å². The highest BCUT2D eigenvalue weighted by atomic mass is 16.3. The van der Waals surface area contributed by atoms with E-state index in [0.717, 1.165) is 47.2 Å². The van der Waals surface area contributed by atoms with Crippen molar-refractivity contribution in [3.05, 3.63) is 59.2 Å². The Labute approximate surface area is 196 Å². The fraction of sp³-hybridized carbons (Fsp3) is 0.320. The second-order valence-electron chi connectivity index (χ2n) is 8.54. The lowest BCUT2D eigenvalue weighted by Gasteiger charge is -2.26. The molecule has 0 aliphatic carbocycles. The third-order valence-corrected chi connectivity index (χ3v) is 6.29. The van der Waals surface area contributed by atoms with E-state index in [-0.39, 0.29) is 18.2 Å². The number of fused-ring (bicyclic) bond motifs is 1. The number of hydrogen-bond donors (Lipinski definition) is 2. The number of piperidine rings is 1. The molecule has 0 bridgehead atoms. The molecule has 1 aliphatic heterocycles. The average molecular weight is 456 g/mol. The summed E-state index contributed by atoms with van der Waals surface area (Å²) < 4.78 is 1.91. The molecule has 1 aromatic carbocycles. The summed E-state index contributed by atoms with van der Waals surface area (Å²) in [4.78, 5) is 23.6. The Hall–Kier alpha value is -4.03. The topological polar surface area (TPSA) is 124 Å². The molecule has 0 radical (unpaired) electrons. The molecule has 1 saturated heterocycles. The first-order chi connectivity index (χ1) is 16.6. The van der Waals surface area contributed by atoms with Crippen LogP contribution in [0.2, 0.25) is 0 Å². The van der Waals surface area contributed by atoms with Gasteiger partial charge in [-0.25, -0.2) is 9.97 Å². The van der Waals surface area contributed by atoms with Crippen molar-refractivity contribution < 1.29 is 9.90 Å². The number of imidazole rings is 1. The minimum Gasteiger partial charge on any atom is -0.396 e. The molecule has 9 heteroatoms. The van der Waals surface area contributed by atoms with Crippen LogP contribution in [0.15, 0.2) is 36.7 Å². The van der Waals surface area contributed by atoms with Crippen LogP contribution in [0.1, 0.15) is 41.8 Å². The van der Waals surface area contributed by atoms with Gasteiger partial charge < -0.3 is 10.0 Å². The minimum atomic E-state index is -0.0284. The second kappa shape index (κ2) is 9.08. The van der Waals surface area contributed by atoms with Crippen molar-refractivity contribution in [1.82, 2.24) is 29.6 Å². The summed E-state index contributed by atoms with van der Waals surface area (Å²) in [7, 11) is 0. The van der Waals surface area contributed by atoms with Crippen molar-refractivity contribution in [2.75, 3.05) is 13.2 Å². The van der Waals surface area contributed by atoms with E-state index in [4.69, 9.17) is 4.98 Å². The molecular formula is C25H25N7O2. The Morgan fingerprint density at radius 2 is 2.12 bits per heavy atom. The SMILES string of the molecule is Cc1[nH]nc(C#N)c1-c1nc(-n2cnc3ccc(CN4CCCCC4=O)cc32)ccc1CCO. The highest BCUT2D eigenvalue weighted by Gasteiger charge is 2.20. The van der Waals surface area contributed by atoms with Crippen molar-refractivity contribution >= 4 is 16.9 Å². The summed E-state index contributed by atoms with van der Waals surface area (Å²) in [6.45, 7) is 3.19. The van der Waals surface area contributed by atoms with Crippen LogP contribution >= 0.6 is 0 Å². The molecule has 34 heavy (non-hydrogen) atoms. The molecule has 4 aromatic rings. The van der Waals surface area contributed by atoms with Gasteiger partial charge in [0.05, 0.1) is 22.3 Å². The summed E-state index contributed by atoms with van der Waals surface area (Å²) in [6, 6.07) is 12.0. The van der Waals surface area contributed by atoms with Crippen LogP contribution < -0.4 is 0 Å². The number of aryl methyl sites for hydroxylation is 1. The predicted octanol–water partition coefficient (Wildman–Crippen LogP) is 3.04. The first-order valence-corrected chi connectivity index (χ1v) is 11.4. The highest BCUT2D eigenvalue weighted by Crippen LogP contribution is 2.29.